The highest BCUT2D eigenvalue weighted by atomic mass is 16.3. The Morgan fingerprint density at radius 3 is 2.83 bits per heavy atom. The number of furan rings is 1. The van der Waals surface area contributed by atoms with Crippen molar-refractivity contribution in [2.45, 2.75) is 6.92 Å². The molecular weight excluding hydrogens is 228 g/mol. The summed E-state index contributed by atoms with van der Waals surface area (Å²) < 4.78 is 5.51. The van der Waals surface area contributed by atoms with Crippen molar-refractivity contribution in [2.75, 3.05) is 12.4 Å². The third kappa shape index (κ3) is 1.60. The van der Waals surface area contributed by atoms with Gasteiger partial charge in [-0.2, -0.15) is 0 Å². The van der Waals surface area contributed by atoms with E-state index < -0.39 is 0 Å². The van der Waals surface area contributed by atoms with E-state index >= 15 is 0 Å². The van der Waals surface area contributed by atoms with Crippen LogP contribution >= 0.6 is 0 Å². The van der Waals surface area contributed by atoms with Crippen molar-refractivity contribution in [2.24, 2.45) is 0 Å². The highest BCUT2D eigenvalue weighted by Gasteiger charge is 2.14. The fourth-order valence-corrected chi connectivity index (χ4v) is 1.92. The van der Waals surface area contributed by atoms with Crippen LogP contribution in [0.5, 0.6) is 0 Å². The number of aromatic nitrogens is 3. The lowest BCUT2D eigenvalue weighted by atomic mass is 10.1. The molecule has 0 atom stereocenters. The van der Waals surface area contributed by atoms with Crippen LogP contribution in [-0.2, 0) is 0 Å². The average molecular weight is 240 g/mol. The summed E-state index contributed by atoms with van der Waals surface area (Å²) in [6, 6.07) is 7.82. The smallest absolute Gasteiger partial charge is 0.156 e. The maximum atomic E-state index is 5.51. The first kappa shape index (κ1) is 10.7. The highest BCUT2D eigenvalue weighted by molar-refractivity contribution is 5.95. The summed E-state index contributed by atoms with van der Waals surface area (Å²) >= 11 is 0. The number of hydrogen-bond donors (Lipinski definition) is 1. The second-order valence-electron chi connectivity index (χ2n) is 3.95. The molecule has 2 heterocycles. The van der Waals surface area contributed by atoms with Crippen molar-refractivity contribution in [1.82, 2.24) is 15.2 Å². The Bertz CT molecular complexity index is 705. The third-order valence-electron chi connectivity index (χ3n) is 2.77. The number of aryl methyl sites for hydroxylation is 1. The van der Waals surface area contributed by atoms with Crippen LogP contribution < -0.4 is 5.32 Å². The molecular formula is C13H12N4O. The van der Waals surface area contributed by atoms with Crippen LogP contribution in [0.25, 0.3) is 22.2 Å². The van der Waals surface area contributed by atoms with Crippen LogP contribution in [0, 0.1) is 6.92 Å². The van der Waals surface area contributed by atoms with Crippen LogP contribution in [0.2, 0.25) is 0 Å². The second kappa shape index (κ2) is 4.10. The lowest BCUT2D eigenvalue weighted by Gasteiger charge is -2.05. The fraction of sp³-hybridized carbons (Fsp3) is 0.154. The van der Waals surface area contributed by atoms with E-state index in [-0.39, 0.29) is 0 Å². The summed E-state index contributed by atoms with van der Waals surface area (Å²) in [7, 11) is 1.81. The van der Waals surface area contributed by atoms with Crippen LogP contribution in [0.1, 0.15) is 5.82 Å². The van der Waals surface area contributed by atoms with Crippen molar-refractivity contribution in [3.05, 3.63) is 36.4 Å². The molecule has 3 aromatic rings. The van der Waals surface area contributed by atoms with E-state index in [1.54, 1.807) is 6.26 Å². The molecule has 1 N–H and O–H groups in total. The molecule has 0 aliphatic heterocycles. The minimum Gasteiger partial charge on any atom is -0.464 e. The van der Waals surface area contributed by atoms with Gasteiger partial charge in [-0.15, -0.1) is 10.2 Å². The molecule has 0 amide bonds. The fourth-order valence-electron chi connectivity index (χ4n) is 1.92. The summed E-state index contributed by atoms with van der Waals surface area (Å²) in [5.41, 5.74) is 2.43. The maximum absolute atomic E-state index is 5.51. The van der Waals surface area contributed by atoms with Crippen molar-refractivity contribution < 1.29 is 4.42 Å². The summed E-state index contributed by atoms with van der Waals surface area (Å²) in [5, 5.41) is 12.3. The molecule has 2 aromatic heterocycles. The maximum Gasteiger partial charge on any atom is 0.156 e. The van der Waals surface area contributed by atoms with E-state index in [1.807, 2.05) is 38.2 Å². The van der Waals surface area contributed by atoms with E-state index in [2.05, 4.69) is 20.5 Å². The zero-order chi connectivity index (χ0) is 12.5. The molecule has 90 valence electrons. The second-order valence-corrected chi connectivity index (χ2v) is 3.95. The lowest BCUT2D eigenvalue weighted by Crippen LogP contribution is -2.02. The monoisotopic (exact) mass is 240 g/mol. The molecule has 3 rings (SSSR count). The Morgan fingerprint density at radius 2 is 2.00 bits per heavy atom. The lowest BCUT2D eigenvalue weighted by molar-refractivity contribution is 0.616. The Balaban J connectivity index is 2.26. The minimum atomic E-state index is 0.635. The van der Waals surface area contributed by atoms with Gasteiger partial charge in [-0.1, -0.05) is 18.2 Å². The number of benzene rings is 1. The van der Waals surface area contributed by atoms with E-state index in [4.69, 9.17) is 4.42 Å². The van der Waals surface area contributed by atoms with Gasteiger partial charge in [0.2, 0.25) is 0 Å². The molecule has 0 radical (unpaired) electrons. The van der Waals surface area contributed by atoms with E-state index in [0.29, 0.717) is 17.3 Å². The highest BCUT2D eigenvalue weighted by Crippen LogP contribution is 2.32. The van der Waals surface area contributed by atoms with Gasteiger partial charge >= 0.3 is 0 Å². The molecule has 0 spiro atoms. The van der Waals surface area contributed by atoms with E-state index in [1.165, 1.54) is 0 Å². The molecule has 18 heavy (non-hydrogen) atoms. The minimum absolute atomic E-state index is 0.635. The summed E-state index contributed by atoms with van der Waals surface area (Å²) in [6.45, 7) is 1.81. The van der Waals surface area contributed by atoms with Gasteiger partial charge in [0.25, 0.3) is 0 Å². The SMILES string of the molecule is CNc1nc(C)nnc1-c1coc2ccccc12. The van der Waals surface area contributed by atoms with Gasteiger partial charge in [0.05, 0.1) is 5.56 Å². The largest absolute Gasteiger partial charge is 0.464 e. The van der Waals surface area contributed by atoms with Gasteiger partial charge in [-0.25, -0.2) is 4.98 Å². The third-order valence-corrected chi connectivity index (χ3v) is 2.77. The van der Waals surface area contributed by atoms with Gasteiger partial charge < -0.3 is 9.73 Å². The molecule has 5 nitrogen and oxygen atoms in total. The van der Waals surface area contributed by atoms with Crippen molar-refractivity contribution in [3.63, 3.8) is 0 Å². The quantitative estimate of drug-likeness (QED) is 0.746. The van der Waals surface area contributed by atoms with Gasteiger partial charge in [0.1, 0.15) is 23.4 Å². The molecule has 0 saturated carbocycles. The molecule has 0 saturated heterocycles. The number of nitrogens with zero attached hydrogens (tertiary/aromatic N) is 3. The Labute approximate surface area is 104 Å². The average Bonchev–Trinajstić information content (AvgIpc) is 2.82. The first-order chi connectivity index (χ1) is 8.79. The predicted molar refractivity (Wildman–Crippen MR) is 69.3 cm³/mol. The number of fused-ring (bicyclic) bond motifs is 1. The van der Waals surface area contributed by atoms with Crippen LogP contribution in [0.3, 0.4) is 0 Å². The van der Waals surface area contributed by atoms with Gasteiger partial charge in [-0.3, -0.25) is 0 Å². The van der Waals surface area contributed by atoms with Crippen molar-refractivity contribution in [1.29, 1.82) is 0 Å². The Morgan fingerprint density at radius 1 is 1.17 bits per heavy atom. The van der Waals surface area contributed by atoms with E-state index in [9.17, 15) is 0 Å². The van der Waals surface area contributed by atoms with Crippen molar-refractivity contribution >= 4 is 16.8 Å². The molecule has 0 aliphatic rings. The molecule has 0 aliphatic carbocycles. The molecule has 1 aromatic carbocycles. The van der Waals surface area contributed by atoms with Gasteiger partial charge in [-0.05, 0) is 13.0 Å². The number of anilines is 1. The Hall–Kier alpha value is -2.43. The zero-order valence-electron chi connectivity index (χ0n) is 10.1. The summed E-state index contributed by atoms with van der Waals surface area (Å²) in [5.74, 6) is 1.34. The van der Waals surface area contributed by atoms with Gasteiger partial charge in [0.15, 0.2) is 5.82 Å². The molecule has 5 heteroatoms. The number of para-hydroxylation sites is 1. The topological polar surface area (TPSA) is 63.8 Å². The molecule has 0 bridgehead atoms. The number of rotatable bonds is 2. The van der Waals surface area contributed by atoms with E-state index in [0.717, 1.165) is 16.5 Å². The first-order valence-corrected chi connectivity index (χ1v) is 5.65. The molecule has 0 fully saturated rings. The molecule has 0 unspecified atom stereocenters. The number of hydrogen-bond acceptors (Lipinski definition) is 5. The Kier molecular flexibility index (Phi) is 2.44. The van der Waals surface area contributed by atoms with Crippen LogP contribution in [0.15, 0.2) is 34.9 Å². The van der Waals surface area contributed by atoms with Gasteiger partial charge in [0, 0.05) is 12.4 Å². The van der Waals surface area contributed by atoms with Crippen LogP contribution in [-0.4, -0.2) is 22.2 Å². The predicted octanol–water partition coefficient (Wildman–Crippen LogP) is 2.63. The summed E-state index contributed by atoms with van der Waals surface area (Å²) in [4.78, 5) is 4.33. The first-order valence-electron chi connectivity index (χ1n) is 5.65. The van der Waals surface area contributed by atoms with Crippen molar-refractivity contribution in [3.8, 4) is 11.3 Å². The van der Waals surface area contributed by atoms with Crippen LogP contribution in [0.4, 0.5) is 5.82 Å². The standard InChI is InChI=1S/C13H12N4O/c1-8-15-13(14-2)12(17-16-8)10-7-18-11-6-4-3-5-9(10)11/h3-7H,1-2H3,(H,14,15,16). The normalized spacial score (nSPS) is 10.8. The zero-order valence-corrected chi connectivity index (χ0v) is 10.1. The number of nitrogens with one attached hydrogen (secondary N) is 1. The summed E-state index contributed by atoms with van der Waals surface area (Å²) in [6.07, 6.45) is 1.69.